The van der Waals surface area contributed by atoms with E-state index >= 15 is 0 Å². The zero-order valence-corrected chi connectivity index (χ0v) is 27.2. The number of hydrogen-bond donors (Lipinski definition) is 0. The van der Waals surface area contributed by atoms with Crippen molar-refractivity contribution in [2.75, 3.05) is 0 Å². The predicted octanol–water partition coefficient (Wildman–Crippen LogP) is 11.9. The van der Waals surface area contributed by atoms with Crippen LogP contribution in [0.2, 0.25) is 0 Å². The molecule has 0 bridgehead atoms. The van der Waals surface area contributed by atoms with Crippen LogP contribution in [0.15, 0.2) is 133 Å². The van der Waals surface area contributed by atoms with Gasteiger partial charge in [0.1, 0.15) is 5.01 Å². The molecule has 6 aromatic carbocycles. The smallest absolute Gasteiger partial charge is 0.164 e. The van der Waals surface area contributed by atoms with Crippen LogP contribution in [-0.4, -0.2) is 19.9 Å². The molecule has 47 heavy (non-hydrogen) atoms. The second-order valence-corrected chi connectivity index (χ2v) is 14.6. The van der Waals surface area contributed by atoms with E-state index in [1.165, 1.54) is 45.2 Å². The zero-order chi connectivity index (χ0) is 30.9. The maximum absolute atomic E-state index is 5.24. The highest BCUT2D eigenvalue weighted by Gasteiger charge is 2.19. The van der Waals surface area contributed by atoms with Gasteiger partial charge in [0.05, 0.1) is 10.2 Å². The van der Waals surface area contributed by atoms with E-state index in [-0.39, 0.29) is 0 Å². The van der Waals surface area contributed by atoms with Crippen molar-refractivity contribution >= 4 is 84.6 Å². The molecule has 4 aromatic heterocycles. The molecule has 0 unspecified atom stereocenters. The molecule has 0 spiro atoms. The summed E-state index contributed by atoms with van der Waals surface area (Å²) in [6, 6.07) is 46.5. The molecular formula is C40H22N4S3. The second-order valence-electron chi connectivity index (χ2n) is 11.4. The highest BCUT2D eigenvalue weighted by atomic mass is 32.1. The van der Waals surface area contributed by atoms with Gasteiger partial charge in [-0.25, -0.2) is 19.9 Å². The summed E-state index contributed by atoms with van der Waals surface area (Å²) in [5, 5.41) is 5.98. The van der Waals surface area contributed by atoms with Crippen molar-refractivity contribution in [2.24, 2.45) is 0 Å². The first-order valence-electron chi connectivity index (χ1n) is 15.3. The summed E-state index contributed by atoms with van der Waals surface area (Å²) < 4.78 is 6.22. The summed E-state index contributed by atoms with van der Waals surface area (Å²) in [5.41, 5.74) is 5.12. The molecule has 0 amide bonds. The Hall–Kier alpha value is -5.34. The number of thiazole rings is 1. The molecule has 0 N–H and O–H groups in total. The van der Waals surface area contributed by atoms with E-state index in [1.54, 1.807) is 22.7 Å². The van der Waals surface area contributed by atoms with Gasteiger partial charge in [-0.2, -0.15) is 0 Å². The quantitative estimate of drug-likeness (QED) is 0.189. The van der Waals surface area contributed by atoms with Gasteiger partial charge in [0, 0.05) is 62.6 Å². The third kappa shape index (κ3) is 4.39. The van der Waals surface area contributed by atoms with E-state index in [2.05, 4.69) is 72.8 Å². The fourth-order valence-corrected chi connectivity index (χ4v) is 9.92. The summed E-state index contributed by atoms with van der Waals surface area (Å²) in [5.74, 6) is 1.99. The minimum absolute atomic E-state index is 0.660. The third-order valence-corrected chi connectivity index (χ3v) is 12.0. The normalized spacial score (nSPS) is 11.8. The molecule has 0 saturated heterocycles. The molecule has 7 heteroatoms. The Labute approximate surface area is 281 Å². The largest absolute Gasteiger partial charge is 0.236 e. The van der Waals surface area contributed by atoms with Gasteiger partial charge >= 0.3 is 0 Å². The molecule has 0 saturated carbocycles. The highest BCUT2D eigenvalue weighted by Crippen LogP contribution is 2.45. The second kappa shape index (κ2) is 10.6. The number of fused-ring (bicyclic) bond motifs is 7. The Morgan fingerprint density at radius 1 is 0.383 bits per heavy atom. The molecule has 0 aliphatic rings. The molecule has 220 valence electrons. The first kappa shape index (κ1) is 26.8. The van der Waals surface area contributed by atoms with Gasteiger partial charge in [-0.15, -0.1) is 34.0 Å². The van der Waals surface area contributed by atoms with Crippen molar-refractivity contribution in [1.82, 2.24) is 19.9 Å². The number of benzene rings is 6. The van der Waals surface area contributed by atoms with Crippen LogP contribution in [0.3, 0.4) is 0 Å². The summed E-state index contributed by atoms with van der Waals surface area (Å²) in [6.45, 7) is 0. The Bertz CT molecular complexity index is 2740. The zero-order valence-electron chi connectivity index (χ0n) is 24.7. The van der Waals surface area contributed by atoms with E-state index in [9.17, 15) is 0 Å². The molecule has 4 heterocycles. The van der Waals surface area contributed by atoms with Crippen molar-refractivity contribution < 1.29 is 0 Å². The average Bonchev–Trinajstić information content (AvgIpc) is 3.83. The van der Waals surface area contributed by atoms with E-state index in [0.717, 1.165) is 32.6 Å². The number of nitrogens with zero attached hydrogens (tertiary/aromatic N) is 4. The molecule has 10 rings (SSSR count). The molecule has 4 nitrogen and oxygen atoms in total. The van der Waals surface area contributed by atoms with E-state index in [0.29, 0.717) is 17.5 Å². The SMILES string of the molecule is c1ccc(-c2nc(-c3ccccc3)nc(-c3cccc4sc5cc6sc(-c7cccc8c7sc7ccccc78)nc6cc5c34)n2)cc1. The van der Waals surface area contributed by atoms with Crippen molar-refractivity contribution in [1.29, 1.82) is 0 Å². The Balaban J connectivity index is 1.17. The number of rotatable bonds is 4. The van der Waals surface area contributed by atoms with Crippen LogP contribution in [0.1, 0.15) is 0 Å². The van der Waals surface area contributed by atoms with Crippen LogP contribution in [0, 0.1) is 0 Å². The van der Waals surface area contributed by atoms with Gasteiger partial charge in [0.25, 0.3) is 0 Å². The van der Waals surface area contributed by atoms with Crippen LogP contribution in [0.25, 0.3) is 95.3 Å². The van der Waals surface area contributed by atoms with Crippen LogP contribution < -0.4 is 0 Å². The van der Waals surface area contributed by atoms with Crippen LogP contribution in [0.4, 0.5) is 0 Å². The topological polar surface area (TPSA) is 51.6 Å². The van der Waals surface area contributed by atoms with Gasteiger partial charge in [0.2, 0.25) is 0 Å². The van der Waals surface area contributed by atoms with Gasteiger partial charge in [-0.05, 0) is 24.3 Å². The Morgan fingerprint density at radius 3 is 1.81 bits per heavy atom. The Kier molecular flexibility index (Phi) is 6.05. The molecule has 0 radical (unpaired) electrons. The number of aromatic nitrogens is 4. The van der Waals surface area contributed by atoms with Gasteiger partial charge < -0.3 is 0 Å². The fourth-order valence-electron chi connectivity index (χ4n) is 6.39. The lowest BCUT2D eigenvalue weighted by Crippen LogP contribution is -2.00. The van der Waals surface area contributed by atoms with Crippen molar-refractivity contribution in [3.05, 3.63) is 133 Å². The maximum atomic E-state index is 5.24. The van der Waals surface area contributed by atoms with Gasteiger partial charge in [-0.1, -0.05) is 109 Å². The highest BCUT2D eigenvalue weighted by molar-refractivity contribution is 7.28. The molecule has 0 atom stereocenters. The molecule has 0 aliphatic carbocycles. The molecule has 0 fully saturated rings. The molecule has 0 aliphatic heterocycles. The van der Waals surface area contributed by atoms with Gasteiger partial charge in [-0.3, -0.25) is 0 Å². The maximum Gasteiger partial charge on any atom is 0.164 e. The lowest BCUT2D eigenvalue weighted by atomic mass is 10.0. The first-order chi connectivity index (χ1) is 23.3. The lowest BCUT2D eigenvalue weighted by Gasteiger charge is -2.09. The molecular weight excluding hydrogens is 633 g/mol. The van der Waals surface area contributed by atoms with Crippen LogP contribution >= 0.6 is 34.0 Å². The summed E-state index contributed by atoms with van der Waals surface area (Å²) in [7, 11) is 0. The number of thiophene rings is 2. The third-order valence-electron chi connectivity index (χ3n) is 8.58. The van der Waals surface area contributed by atoms with E-state index < -0.39 is 0 Å². The van der Waals surface area contributed by atoms with Crippen molar-refractivity contribution in [2.45, 2.75) is 0 Å². The van der Waals surface area contributed by atoms with Gasteiger partial charge in [0.15, 0.2) is 17.5 Å². The minimum atomic E-state index is 0.660. The average molecular weight is 655 g/mol. The number of hydrogen-bond acceptors (Lipinski definition) is 7. The summed E-state index contributed by atoms with van der Waals surface area (Å²) in [4.78, 5) is 20.3. The summed E-state index contributed by atoms with van der Waals surface area (Å²) in [6.07, 6.45) is 0. The van der Waals surface area contributed by atoms with Crippen LogP contribution in [-0.2, 0) is 0 Å². The minimum Gasteiger partial charge on any atom is -0.236 e. The first-order valence-corrected chi connectivity index (χ1v) is 17.8. The van der Waals surface area contributed by atoms with E-state index in [4.69, 9.17) is 19.9 Å². The van der Waals surface area contributed by atoms with Crippen LogP contribution in [0.5, 0.6) is 0 Å². The lowest BCUT2D eigenvalue weighted by molar-refractivity contribution is 1.08. The summed E-state index contributed by atoms with van der Waals surface area (Å²) >= 11 is 5.42. The van der Waals surface area contributed by atoms with Crippen molar-refractivity contribution in [3.8, 4) is 44.7 Å². The van der Waals surface area contributed by atoms with Crippen molar-refractivity contribution in [3.63, 3.8) is 0 Å². The predicted molar refractivity (Wildman–Crippen MR) is 201 cm³/mol. The van der Waals surface area contributed by atoms with E-state index in [1.807, 2.05) is 72.0 Å². The fraction of sp³-hybridized carbons (Fsp3) is 0. The monoisotopic (exact) mass is 654 g/mol. The standard InChI is InChI=1S/C40H22N4S3/c1-3-11-23(12-4-1)37-42-38(24-13-5-2-6-14-24)44-39(43-37)27-17-10-20-32-35(27)29-21-30-34(22-33(29)45-32)47-40(41-30)28-18-9-16-26-25-15-7-8-19-31(25)46-36(26)28/h1-22H. The Morgan fingerprint density at radius 2 is 1.02 bits per heavy atom. The molecule has 10 aromatic rings.